The second-order valence-corrected chi connectivity index (χ2v) is 9.15. The molecule has 1 heterocycles. The molecule has 1 N–H and O–H groups in total. The van der Waals surface area contributed by atoms with E-state index in [4.69, 9.17) is 4.74 Å². The lowest BCUT2D eigenvalue weighted by Gasteiger charge is -2.17. The average Bonchev–Trinajstić information content (AvgIpc) is 3.27. The summed E-state index contributed by atoms with van der Waals surface area (Å²) in [4.78, 5) is 12.4. The maximum Gasteiger partial charge on any atom is 0.416 e. The van der Waals surface area contributed by atoms with Crippen molar-refractivity contribution >= 4 is 21.6 Å². The van der Waals surface area contributed by atoms with Crippen LogP contribution in [0.25, 0.3) is 0 Å². The highest BCUT2D eigenvalue weighted by molar-refractivity contribution is 7.89. The van der Waals surface area contributed by atoms with Crippen molar-refractivity contribution in [3.63, 3.8) is 0 Å². The number of hydrogen-bond acceptors (Lipinski definition) is 4. The van der Waals surface area contributed by atoms with Crippen molar-refractivity contribution in [3.8, 4) is 5.75 Å². The fourth-order valence-electron chi connectivity index (χ4n) is 3.40. The lowest BCUT2D eigenvalue weighted by molar-refractivity contribution is -0.137. The molecule has 2 aromatic rings. The van der Waals surface area contributed by atoms with Gasteiger partial charge in [-0.05, 0) is 67.3 Å². The van der Waals surface area contributed by atoms with Gasteiger partial charge < -0.3 is 10.1 Å². The molecular formula is C21H23F3N2O4S. The van der Waals surface area contributed by atoms with Gasteiger partial charge >= 0.3 is 6.18 Å². The number of halogens is 3. The number of ether oxygens (including phenoxy) is 1. The molecule has 2 aromatic carbocycles. The van der Waals surface area contributed by atoms with E-state index in [1.165, 1.54) is 35.7 Å². The zero-order chi connectivity index (χ0) is 22.6. The number of alkyl halides is 3. The largest absolute Gasteiger partial charge is 0.496 e. The monoisotopic (exact) mass is 456 g/mol. The number of nitrogens with zero attached hydrogens (tertiary/aromatic N) is 1. The van der Waals surface area contributed by atoms with Crippen molar-refractivity contribution < 1.29 is 31.1 Å². The Hall–Kier alpha value is -2.59. The van der Waals surface area contributed by atoms with Crippen LogP contribution in [-0.4, -0.2) is 38.8 Å². The molecule has 3 rings (SSSR count). The van der Waals surface area contributed by atoms with Gasteiger partial charge in [-0.3, -0.25) is 4.79 Å². The van der Waals surface area contributed by atoms with Gasteiger partial charge in [0, 0.05) is 25.2 Å². The second kappa shape index (κ2) is 9.27. The van der Waals surface area contributed by atoms with E-state index >= 15 is 0 Å². The summed E-state index contributed by atoms with van der Waals surface area (Å²) in [6, 6.07) is 8.72. The van der Waals surface area contributed by atoms with Crippen LogP contribution in [0.3, 0.4) is 0 Å². The number of benzene rings is 2. The van der Waals surface area contributed by atoms with E-state index in [1.807, 2.05) is 0 Å². The zero-order valence-corrected chi connectivity index (χ0v) is 17.7. The highest BCUT2D eigenvalue weighted by atomic mass is 32.2. The molecule has 1 saturated heterocycles. The second-order valence-electron chi connectivity index (χ2n) is 7.21. The van der Waals surface area contributed by atoms with Crippen molar-refractivity contribution in [2.45, 2.75) is 36.8 Å². The Labute approximate surface area is 179 Å². The highest BCUT2D eigenvalue weighted by Crippen LogP contribution is 2.30. The van der Waals surface area contributed by atoms with Crippen molar-refractivity contribution in [3.05, 3.63) is 53.6 Å². The first-order chi connectivity index (χ1) is 14.6. The molecule has 0 radical (unpaired) electrons. The number of nitrogens with one attached hydrogen (secondary N) is 1. The highest BCUT2D eigenvalue weighted by Gasteiger charge is 2.30. The van der Waals surface area contributed by atoms with Crippen LogP contribution in [0.2, 0.25) is 0 Å². The number of anilines is 1. The van der Waals surface area contributed by atoms with Crippen molar-refractivity contribution in [1.82, 2.24) is 4.31 Å². The number of carbonyl (C=O) groups is 1. The van der Waals surface area contributed by atoms with Crippen LogP contribution in [0, 0.1) is 0 Å². The van der Waals surface area contributed by atoms with Gasteiger partial charge in [0.05, 0.1) is 17.6 Å². The Kier molecular flexibility index (Phi) is 6.90. The molecular weight excluding hydrogens is 433 g/mol. The number of hydrogen-bond donors (Lipinski definition) is 1. The summed E-state index contributed by atoms with van der Waals surface area (Å²) in [6.07, 6.45) is -2.58. The summed E-state index contributed by atoms with van der Waals surface area (Å²) in [5, 5.41) is 2.54. The van der Waals surface area contributed by atoms with Gasteiger partial charge in [0.25, 0.3) is 0 Å². The van der Waals surface area contributed by atoms with Gasteiger partial charge in [-0.2, -0.15) is 17.5 Å². The molecule has 168 valence electrons. The number of carbonyl (C=O) groups excluding carboxylic acids is 1. The molecule has 0 aromatic heterocycles. The number of amides is 1. The molecule has 0 spiro atoms. The minimum absolute atomic E-state index is 0.00456. The Morgan fingerprint density at radius 1 is 1.10 bits per heavy atom. The van der Waals surface area contributed by atoms with E-state index in [0.717, 1.165) is 25.0 Å². The fourth-order valence-corrected chi connectivity index (χ4v) is 4.97. The molecule has 6 nitrogen and oxygen atoms in total. The lowest BCUT2D eigenvalue weighted by Crippen LogP contribution is -2.28. The smallest absolute Gasteiger partial charge is 0.416 e. The molecule has 1 aliphatic rings. The summed E-state index contributed by atoms with van der Waals surface area (Å²) in [7, 11) is -2.15. The molecule has 1 fully saturated rings. The molecule has 1 aliphatic heterocycles. The van der Waals surface area contributed by atoms with Crippen LogP contribution in [0.15, 0.2) is 47.4 Å². The standard InChI is InChI=1S/C21H23F3N2O4S/c1-30-19-10-9-18(31(28,29)26-12-2-3-13-26)14-15(19)4-11-20(27)25-17-7-5-16(6-8-17)21(22,23)24/h5-10,14H,2-4,11-13H2,1H3,(H,25,27). The molecule has 0 saturated carbocycles. The molecule has 10 heteroatoms. The normalized spacial score (nSPS) is 15.1. The zero-order valence-electron chi connectivity index (χ0n) is 16.9. The van der Waals surface area contributed by atoms with Crippen LogP contribution in [-0.2, 0) is 27.4 Å². The Morgan fingerprint density at radius 3 is 2.32 bits per heavy atom. The van der Waals surface area contributed by atoms with Gasteiger partial charge in [-0.15, -0.1) is 0 Å². The van der Waals surface area contributed by atoms with E-state index in [1.54, 1.807) is 6.07 Å². The third-order valence-electron chi connectivity index (χ3n) is 5.07. The Morgan fingerprint density at radius 2 is 1.74 bits per heavy atom. The number of aryl methyl sites for hydroxylation is 1. The molecule has 0 bridgehead atoms. The van der Waals surface area contributed by atoms with E-state index in [0.29, 0.717) is 24.4 Å². The number of rotatable bonds is 7. The van der Waals surface area contributed by atoms with Gasteiger partial charge in [-0.1, -0.05) is 0 Å². The van der Waals surface area contributed by atoms with Crippen molar-refractivity contribution in [1.29, 1.82) is 0 Å². The fraction of sp³-hybridized carbons (Fsp3) is 0.381. The maximum atomic E-state index is 12.8. The van der Waals surface area contributed by atoms with Crippen molar-refractivity contribution in [2.75, 3.05) is 25.5 Å². The minimum atomic E-state index is -4.44. The summed E-state index contributed by atoms with van der Waals surface area (Å²) < 4.78 is 70.2. The van der Waals surface area contributed by atoms with E-state index in [2.05, 4.69) is 5.32 Å². The number of sulfonamides is 1. The first kappa shape index (κ1) is 23.1. The topological polar surface area (TPSA) is 75.7 Å². The summed E-state index contributed by atoms with van der Waals surface area (Å²) in [5.41, 5.74) is 0.00642. The van der Waals surface area contributed by atoms with Gasteiger partial charge in [0.2, 0.25) is 15.9 Å². The van der Waals surface area contributed by atoms with Crippen LogP contribution < -0.4 is 10.1 Å². The van der Waals surface area contributed by atoms with Crippen LogP contribution in [0.5, 0.6) is 5.75 Å². The first-order valence-electron chi connectivity index (χ1n) is 9.75. The Bertz CT molecular complexity index is 1030. The van der Waals surface area contributed by atoms with Crippen LogP contribution in [0.4, 0.5) is 18.9 Å². The van der Waals surface area contributed by atoms with Gasteiger partial charge in [0.15, 0.2) is 0 Å². The first-order valence-corrected chi connectivity index (χ1v) is 11.2. The molecule has 0 unspecified atom stereocenters. The van der Waals surface area contributed by atoms with E-state index in [-0.39, 0.29) is 23.4 Å². The van der Waals surface area contributed by atoms with Crippen molar-refractivity contribution in [2.24, 2.45) is 0 Å². The summed E-state index contributed by atoms with van der Waals surface area (Å²) in [6.45, 7) is 0.971. The maximum absolute atomic E-state index is 12.8. The van der Waals surface area contributed by atoms with E-state index in [9.17, 15) is 26.4 Å². The van der Waals surface area contributed by atoms with Crippen LogP contribution >= 0.6 is 0 Å². The summed E-state index contributed by atoms with van der Waals surface area (Å²) in [5.74, 6) is 0.0531. The third kappa shape index (κ3) is 5.56. The SMILES string of the molecule is COc1ccc(S(=O)(=O)N2CCCC2)cc1CCC(=O)Nc1ccc(C(F)(F)F)cc1. The minimum Gasteiger partial charge on any atom is -0.496 e. The number of methoxy groups -OCH3 is 1. The van der Waals surface area contributed by atoms with E-state index < -0.39 is 27.7 Å². The summed E-state index contributed by atoms with van der Waals surface area (Å²) >= 11 is 0. The molecule has 1 amide bonds. The van der Waals surface area contributed by atoms with Gasteiger partial charge in [0.1, 0.15) is 5.75 Å². The molecule has 0 atom stereocenters. The quantitative estimate of drug-likeness (QED) is 0.682. The predicted octanol–water partition coefficient (Wildman–Crippen LogP) is 4.07. The lowest BCUT2D eigenvalue weighted by atomic mass is 10.1. The molecule has 0 aliphatic carbocycles. The van der Waals surface area contributed by atoms with Crippen LogP contribution in [0.1, 0.15) is 30.4 Å². The third-order valence-corrected chi connectivity index (χ3v) is 6.97. The predicted molar refractivity (Wildman–Crippen MR) is 109 cm³/mol. The van der Waals surface area contributed by atoms with Gasteiger partial charge in [-0.25, -0.2) is 8.42 Å². The molecule has 31 heavy (non-hydrogen) atoms. The average molecular weight is 456 g/mol. The Balaban J connectivity index is 1.68.